The van der Waals surface area contributed by atoms with Crippen LogP contribution in [0.15, 0.2) is 48.7 Å². The van der Waals surface area contributed by atoms with Crippen LogP contribution in [0.3, 0.4) is 0 Å². The summed E-state index contributed by atoms with van der Waals surface area (Å²) in [7, 11) is 1.86. The van der Waals surface area contributed by atoms with Gasteiger partial charge in [-0.1, -0.05) is 29.8 Å². The summed E-state index contributed by atoms with van der Waals surface area (Å²) in [5, 5.41) is 0.730. The van der Waals surface area contributed by atoms with E-state index in [0.29, 0.717) is 5.92 Å². The van der Waals surface area contributed by atoms with Gasteiger partial charge in [-0.3, -0.25) is 9.78 Å². The van der Waals surface area contributed by atoms with E-state index in [1.807, 2.05) is 61.3 Å². The van der Waals surface area contributed by atoms with Gasteiger partial charge in [-0.05, 0) is 49.1 Å². The molecule has 3 atom stereocenters. The molecular formula is C18H19ClN2O. The number of benzene rings is 1. The third-order valence-corrected chi connectivity index (χ3v) is 4.70. The number of nitrogens with zero attached hydrogens (tertiary/aromatic N) is 2. The van der Waals surface area contributed by atoms with Gasteiger partial charge in [-0.15, -0.1) is 0 Å². The Kier molecular flexibility index (Phi) is 4.16. The summed E-state index contributed by atoms with van der Waals surface area (Å²) < 4.78 is 0. The van der Waals surface area contributed by atoms with E-state index < -0.39 is 0 Å². The first-order valence-electron chi connectivity index (χ1n) is 7.51. The monoisotopic (exact) mass is 314 g/mol. The molecule has 1 fully saturated rings. The Morgan fingerprint density at radius 3 is 2.64 bits per heavy atom. The second-order valence-electron chi connectivity index (χ2n) is 5.88. The van der Waals surface area contributed by atoms with Crippen molar-refractivity contribution in [1.82, 2.24) is 9.88 Å². The van der Waals surface area contributed by atoms with Crippen molar-refractivity contribution in [3.05, 3.63) is 64.9 Å². The molecule has 3 nitrogen and oxygen atoms in total. The van der Waals surface area contributed by atoms with Crippen molar-refractivity contribution in [1.29, 1.82) is 0 Å². The fraction of sp³-hybridized carbons (Fsp3) is 0.333. The van der Waals surface area contributed by atoms with Crippen molar-refractivity contribution in [2.24, 2.45) is 5.92 Å². The zero-order valence-corrected chi connectivity index (χ0v) is 13.5. The van der Waals surface area contributed by atoms with Crippen LogP contribution in [-0.4, -0.2) is 22.8 Å². The molecule has 1 aliphatic rings. The van der Waals surface area contributed by atoms with Gasteiger partial charge in [-0.2, -0.15) is 0 Å². The minimum atomic E-state index is -0.0137. The number of carbonyl (C=O) groups excluding carboxylic acids is 1. The van der Waals surface area contributed by atoms with E-state index in [-0.39, 0.29) is 17.9 Å². The number of carbonyl (C=O) groups is 1. The minimum absolute atomic E-state index is 0.0137. The van der Waals surface area contributed by atoms with Crippen LogP contribution >= 0.6 is 11.6 Å². The molecule has 3 rings (SSSR count). The summed E-state index contributed by atoms with van der Waals surface area (Å²) >= 11 is 5.91. The fourth-order valence-corrected chi connectivity index (χ4v) is 2.95. The molecule has 0 aliphatic heterocycles. The predicted octanol–water partition coefficient (Wildman–Crippen LogP) is 4.06. The van der Waals surface area contributed by atoms with Crippen molar-refractivity contribution in [3.63, 3.8) is 0 Å². The molecule has 3 unspecified atom stereocenters. The average Bonchev–Trinajstić information content (AvgIpc) is 3.35. The summed E-state index contributed by atoms with van der Waals surface area (Å²) in [5.74, 6) is 0.596. The lowest BCUT2D eigenvalue weighted by Gasteiger charge is -2.24. The highest BCUT2D eigenvalue weighted by molar-refractivity contribution is 6.30. The lowest BCUT2D eigenvalue weighted by Crippen LogP contribution is -2.31. The van der Waals surface area contributed by atoms with Crippen molar-refractivity contribution in [2.75, 3.05) is 7.05 Å². The molecule has 2 aromatic rings. The van der Waals surface area contributed by atoms with Crippen LogP contribution in [0.4, 0.5) is 0 Å². The van der Waals surface area contributed by atoms with Crippen LogP contribution in [0.2, 0.25) is 5.02 Å². The molecule has 0 spiro atoms. The van der Waals surface area contributed by atoms with Gasteiger partial charge < -0.3 is 4.90 Å². The standard InChI is InChI=1S/C18H19ClN2O/c1-12(17-5-3-4-10-20-17)21(2)18(22)16-11-15(16)13-6-8-14(19)9-7-13/h3-10,12,15-16H,11H2,1-2H3. The molecular weight excluding hydrogens is 296 g/mol. The van der Waals surface area contributed by atoms with E-state index in [1.54, 1.807) is 6.20 Å². The molecule has 1 aromatic heterocycles. The molecule has 0 saturated heterocycles. The number of halogens is 1. The lowest BCUT2D eigenvalue weighted by molar-refractivity contribution is -0.133. The molecule has 1 aromatic carbocycles. The lowest BCUT2D eigenvalue weighted by atomic mass is 10.1. The normalized spacial score (nSPS) is 21.2. The number of pyridine rings is 1. The fourth-order valence-electron chi connectivity index (χ4n) is 2.82. The van der Waals surface area contributed by atoms with Crippen molar-refractivity contribution in [3.8, 4) is 0 Å². The number of rotatable bonds is 4. The second-order valence-corrected chi connectivity index (χ2v) is 6.32. The topological polar surface area (TPSA) is 33.2 Å². The maximum Gasteiger partial charge on any atom is 0.226 e. The Morgan fingerprint density at radius 2 is 2.00 bits per heavy atom. The molecule has 4 heteroatoms. The summed E-state index contributed by atoms with van der Waals surface area (Å²) in [5.41, 5.74) is 2.11. The highest BCUT2D eigenvalue weighted by atomic mass is 35.5. The minimum Gasteiger partial charge on any atom is -0.337 e. The number of amides is 1. The Labute approximate surface area is 135 Å². The van der Waals surface area contributed by atoms with Gasteiger partial charge in [-0.25, -0.2) is 0 Å². The van der Waals surface area contributed by atoms with E-state index >= 15 is 0 Å². The summed E-state index contributed by atoms with van der Waals surface area (Å²) in [6.45, 7) is 2.01. The van der Waals surface area contributed by atoms with Gasteiger partial charge >= 0.3 is 0 Å². The Bertz CT molecular complexity index is 657. The van der Waals surface area contributed by atoms with E-state index in [1.165, 1.54) is 5.56 Å². The zero-order valence-electron chi connectivity index (χ0n) is 12.7. The summed E-state index contributed by atoms with van der Waals surface area (Å²) in [6, 6.07) is 13.6. The molecule has 114 valence electrons. The van der Waals surface area contributed by atoms with Gasteiger partial charge in [0.05, 0.1) is 11.7 Å². The second kappa shape index (κ2) is 6.09. The molecule has 0 radical (unpaired) electrons. The maximum absolute atomic E-state index is 12.6. The van der Waals surface area contributed by atoms with E-state index in [9.17, 15) is 4.79 Å². The van der Waals surface area contributed by atoms with Crippen LogP contribution < -0.4 is 0 Å². The Hall–Kier alpha value is -1.87. The highest BCUT2D eigenvalue weighted by Gasteiger charge is 2.45. The first-order chi connectivity index (χ1) is 10.6. The van der Waals surface area contributed by atoms with Crippen molar-refractivity contribution in [2.45, 2.75) is 25.3 Å². The van der Waals surface area contributed by atoms with E-state index in [4.69, 9.17) is 11.6 Å². The molecule has 22 heavy (non-hydrogen) atoms. The summed E-state index contributed by atoms with van der Waals surface area (Å²) in [4.78, 5) is 18.8. The third kappa shape index (κ3) is 3.00. The van der Waals surface area contributed by atoms with Gasteiger partial charge in [0.1, 0.15) is 0 Å². The molecule has 0 N–H and O–H groups in total. The quantitative estimate of drug-likeness (QED) is 0.852. The average molecular weight is 315 g/mol. The van der Waals surface area contributed by atoms with Crippen molar-refractivity contribution >= 4 is 17.5 Å². The number of hydrogen-bond acceptors (Lipinski definition) is 2. The first-order valence-corrected chi connectivity index (χ1v) is 7.89. The molecule has 1 saturated carbocycles. The van der Waals surface area contributed by atoms with Crippen molar-refractivity contribution < 1.29 is 4.79 Å². The molecule has 1 heterocycles. The smallest absolute Gasteiger partial charge is 0.226 e. The number of aromatic nitrogens is 1. The van der Waals surface area contributed by atoms with Gasteiger partial charge in [0.2, 0.25) is 5.91 Å². The first kappa shape index (κ1) is 15.0. The maximum atomic E-state index is 12.6. The molecule has 0 bridgehead atoms. The van der Waals surface area contributed by atoms with Crippen LogP contribution in [0.25, 0.3) is 0 Å². The van der Waals surface area contributed by atoms with Crippen LogP contribution in [0.1, 0.15) is 36.6 Å². The predicted molar refractivity (Wildman–Crippen MR) is 87.7 cm³/mol. The third-order valence-electron chi connectivity index (χ3n) is 4.45. The largest absolute Gasteiger partial charge is 0.337 e. The van der Waals surface area contributed by atoms with Gasteiger partial charge in [0.25, 0.3) is 0 Å². The van der Waals surface area contributed by atoms with Gasteiger partial charge in [0, 0.05) is 24.2 Å². The SMILES string of the molecule is CC(c1ccccn1)N(C)C(=O)C1CC1c1ccc(Cl)cc1. The number of hydrogen-bond donors (Lipinski definition) is 0. The summed E-state index contributed by atoms with van der Waals surface area (Å²) in [6.07, 6.45) is 2.68. The van der Waals surface area contributed by atoms with Gasteiger partial charge in [0.15, 0.2) is 0 Å². The molecule has 1 amide bonds. The van der Waals surface area contributed by atoms with Crippen LogP contribution in [0, 0.1) is 5.92 Å². The highest BCUT2D eigenvalue weighted by Crippen LogP contribution is 2.49. The Morgan fingerprint density at radius 1 is 1.27 bits per heavy atom. The van der Waals surface area contributed by atoms with Crippen LogP contribution in [-0.2, 0) is 4.79 Å². The zero-order chi connectivity index (χ0) is 15.7. The van der Waals surface area contributed by atoms with Crippen LogP contribution in [0.5, 0.6) is 0 Å². The Balaban J connectivity index is 1.66. The van der Waals surface area contributed by atoms with E-state index in [2.05, 4.69) is 4.98 Å². The van der Waals surface area contributed by atoms with E-state index in [0.717, 1.165) is 17.1 Å². The molecule has 1 aliphatic carbocycles.